The van der Waals surface area contributed by atoms with Gasteiger partial charge in [-0.25, -0.2) is 9.97 Å². The number of nitrogens with zero attached hydrogens (tertiary/aromatic N) is 2. The van der Waals surface area contributed by atoms with Crippen molar-refractivity contribution in [3.63, 3.8) is 0 Å². The summed E-state index contributed by atoms with van der Waals surface area (Å²) < 4.78 is 0. The Kier molecular flexibility index (Phi) is 5.12. The van der Waals surface area contributed by atoms with Gasteiger partial charge in [0.1, 0.15) is 11.6 Å². The highest BCUT2D eigenvalue weighted by atomic mass is 15.0. The van der Waals surface area contributed by atoms with Gasteiger partial charge in [0, 0.05) is 11.3 Å². The number of hydrogen-bond acceptors (Lipinski definition) is 4. The summed E-state index contributed by atoms with van der Waals surface area (Å²) in [5.74, 6) is 1.92. The second-order valence-electron chi connectivity index (χ2n) is 9.37. The van der Waals surface area contributed by atoms with Crippen LogP contribution in [0.2, 0.25) is 0 Å². The van der Waals surface area contributed by atoms with Crippen LogP contribution in [0.3, 0.4) is 0 Å². The van der Waals surface area contributed by atoms with Gasteiger partial charge < -0.3 is 21.0 Å². The number of aromatic nitrogens is 4. The summed E-state index contributed by atoms with van der Waals surface area (Å²) in [7, 11) is 0. The van der Waals surface area contributed by atoms with Crippen molar-refractivity contribution in [2.45, 2.75) is 51.1 Å². The summed E-state index contributed by atoms with van der Waals surface area (Å²) in [6.45, 7) is 3.05. The lowest BCUT2D eigenvalue weighted by atomic mass is 9.95. The number of nitrogens with two attached hydrogens (primary N) is 1. The highest BCUT2D eigenvalue weighted by Crippen LogP contribution is 2.35. The van der Waals surface area contributed by atoms with Crippen LogP contribution in [-0.2, 0) is 12.8 Å². The molecule has 6 nitrogen and oxygen atoms in total. The molecule has 2 aromatic carbocycles. The zero-order valence-electron chi connectivity index (χ0n) is 19.0. The van der Waals surface area contributed by atoms with Crippen molar-refractivity contribution in [3.05, 3.63) is 71.6 Å². The van der Waals surface area contributed by atoms with Gasteiger partial charge in [-0.15, -0.1) is 0 Å². The van der Waals surface area contributed by atoms with Crippen molar-refractivity contribution in [1.82, 2.24) is 25.3 Å². The Morgan fingerprint density at radius 3 is 2.58 bits per heavy atom. The maximum atomic E-state index is 6.07. The van der Waals surface area contributed by atoms with E-state index < -0.39 is 0 Å². The quantitative estimate of drug-likeness (QED) is 0.358. The molecule has 3 heterocycles. The summed E-state index contributed by atoms with van der Waals surface area (Å²) in [6, 6.07) is 15.8. The first kappa shape index (κ1) is 20.4. The third-order valence-corrected chi connectivity index (χ3v) is 6.98. The highest BCUT2D eigenvalue weighted by Gasteiger charge is 2.21. The van der Waals surface area contributed by atoms with Crippen molar-refractivity contribution in [2.75, 3.05) is 6.54 Å². The molecule has 1 aliphatic heterocycles. The SMILES string of the molecule is C[C@H](N)c1nc2c([nH]1)CCCc1cc(-c3ccc(-c4cnc([C@@H]5CCCN5)[nH]4)cc3)ccc1-2. The predicted octanol–water partition coefficient (Wildman–Crippen LogP) is 5.07. The van der Waals surface area contributed by atoms with Gasteiger partial charge in [-0.05, 0) is 67.8 Å². The van der Waals surface area contributed by atoms with Crippen LogP contribution in [-0.4, -0.2) is 26.5 Å². The van der Waals surface area contributed by atoms with E-state index in [1.165, 1.54) is 34.4 Å². The minimum Gasteiger partial charge on any atom is -0.344 e. The molecular formula is C27H30N6. The normalized spacial score (nSPS) is 18.5. The summed E-state index contributed by atoms with van der Waals surface area (Å²) in [5.41, 5.74) is 15.6. The minimum absolute atomic E-state index is 0.0847. The number of benzene rings is 2. The molecule has 1 saturated heterocycles. The highest BCUT2D eigenvalue weighted by molar-refractivity contribution is 5.75. The molecule has 0 unspecified atom stereocenters. The lowest BCUT2D eigenvalue weighted by Crippen LogP contribution is -2.14. The van der Waals surface area contributed by atoms with Crippen LogP contribution in [0.1, 0.15) is 61.2 Å². The summed E-state index contributed by atoms with van der Waals surface area (Å²) in [5, 5.41) is 3.50. The van der Waals surface area contributed by atoms with E-state index in [2.05, 4.69) is 62.7 Å². The Balaban J connectivity index is 1.27. The van der Waals surface area contributed by atoms with E-state index in [9.17, 15) is 0 Å². The number of aromatic amines is 2. The molecule has 6 heteroatoms. The number of fused-ring (bicyclic) bond motifs is 3. The molecule has 33 heavy (non-hydrogen) atoms. The predicted molar refractivity (Wildman–Crippen MR) is 132 cm³/mol. The van der Waals surface area contributed by atoms with E-state index in [1.54, 1.807) is 0 Å². The zero-order chi connectivity index (χ0) is 22.4. The zero-order valence-corrected chi connectivity index (χ0v) is 19.0. The molecule has 0 bridgehead atoms. The van der Waals surface area contributed by atoms with Crippen molar-refractivity contribution in [1.29, 1.82) is 0 Å². The van der Waals surface area contributed by atoms with Gasteiger partial charge in [0.05, 0.1) is 29.7 Å². The molecule has 6 rings (SSSR count). The molecule has 1 aliphatic carbocycles. The second kappa shape index (κ2) is 8.28. The number of nitrogens with one attached hydrogen (secondary N) is 3. The van der Waals surface area contributed by atoms with Crippen LogP contribution >= 0.6 is 0 Å². The Morgan fingerprint density at radius 1 is 0.970 bits per heavy atom. The van der Waals surface area contributed by atoms with E-state index in [0.29, 0.717) is 6.04 Å². The van der Waals surface area contributed by atoms with E-state index in [4.69, 9.17) is 10.7 Å². The van der Waals surface area contributed by atoms with Crippen LogP contribution in [0.25, 0.3) is 33.6 Å². The summed E-state index contributed by atoms with van der Waals surface area (Å²) in [4.78, 5) is 16.4. The maximum absolute atomic E-state index is 6.07. The van der Waals surface area contributed by atoms with Crippen molar-refractivity contribution < 1.29 is 0 Å². The number of hydrogen-bond donors (Lipinski definition) is 4. The smallest absolute Gasteiger partial charge is 0.123 e. The summed E-state index contributed by atoms with van der Waals surface area (Å²) in [6.07, 6.45) is 7.49. The number of rotatable bonds is 4. The topological polar surface area (TPSA) is 95.4 Å². The van der Waals surface area contributed by atoms with Gasteiger partial charge in [0.2, 0.25) is 0 Å². The largest absolute Gasteiger partial charge is 0.344 e. The Hall–Kier alpha value is -3.22. The van der Waals surface area contributed by atoms with Crippen LogP contribution in [0.5, 0.6) is 0 Å². The molecule has 2 aromatic heterocycles. The van der Waals surface area contributed by atoms with Gasteiger partial charge in [-0.1, -0.05) is 42.5 Å². The van der Waals surface area contributed by atoms with Crippen LogP contribution in [0.4, 0.5) is 0 Å². The minimum atomic E-state index is -0.0847. The van der Waals surface area contributed by atoms with Gasteiger partial charge in [-0.2, -0.15) is 0 Å². The van der Waals surface area contributed by atoms with Crippen LogP contribution in [0, 0.1) is 0 Å². The Labute approximate surface area is 194 Å². The molecule has 2 atom stereocenters. The van der Waals surface area contributed by atoms with Crippen LogP contribution in [0.15, 0.2) is 48.7 Å². The third-order valence-electron chi connectivity index (χ3n) is 6.98. The first-order valence-corrected chi connectivity index (χ1v) is 12.0. The molecule has 0 spiro atoms. The van der Waals surface area contributed by atoms with Gasteiger partial charge in [0.25, 0.3) is 0 Å². The molecular weight excluding hydrogens is 408 g/mol. The van der Waals surface area contributed by atoms with E-state index in [1.807, 2.05) is 13.1 Å². The van der Waals surface area contributed by atoms with Crippen molar-refractivity contribution in [3.8, 4) is 33.6 Å². The fraction of sp³-hybridized carbons (Fsp3) is 0.333. The first-order chi connectivity index (χ1) is 16.2. The standard InChI is InChI=1S/C27H30N6/c1-16(28)26-31-22-5-2-4-20-14-19(11-12-21(20)25(22)33-26)17-7-9-18(10-8-17)24-15-30-27(32-24)23-6-3-13-29-23/h7-12,14-16,23,29H,2-6,13,28H2,1H3,(H,30,32)(H,31,33)/t16-,23-/m0/s1. The van der Waals surface area contributed by atoms with Gasteiger partial charge in [0.15, 0.2) is 0 Å². The van der Waals surface area contributed by atoms with E-state index in [-0.39, 0.29) is 6.04 Å². The maximum Gasteiger partial charge on any atom is 0.123 e. The molecule has 2 aliphatic rings. The molecule has 168 valence electrons. The molecule has 0 amide bonds. The number of H-pyrrole nitrogens is 2. The number of imidazole rings is 2. The van der Waals surface area contributed by atoms with Crippen molar-refractivity contribution >= 4 is 0 Å². The first-order valence-electron chi connectivity index (χ1n) is 12.0. The Bertz CT molecular complexity index is 1270. The lowest BCUT2D eigenvalue weighted by molar-refractivity contribution is 0.613. The second-order valence-corrected chi connectivity index (χ2v) is 9.37. The molecule has 0 radical (unpaired) electrons. The lowest BCUT2D eigenvalue weighted by Gasteiger charge is -2.10. The van der Waals surface area contributed by atoms with Crippen molar-refractivity contribution in [2.24, 2.45) is 5.73 Å². The third kappa shape index (κ3) is 3.79. The molecule has 0 saturated carbocycles. The van der Waals surface area contributed by atoms with Gasteiger partial charge in [-0.3, -0.25) is 0 Å². The molecule has 4 aromatic rings. The fourth-order valence-electron chi connectivity index (χ4n) is 5.14. The molecule has 5 N–H and O–H groups in total. The average molecular weight is 439 g/mol. The summed E-state index contributed by atoms with van der Waals surface area (Å²) >= 11 is 0. The average Bonchev–Trinajstić information content (AvgIpc) is 3.58. The van der Waals surface area contributed by atoms with E-state index in [0.717, 1.165) is 60.8 Å². The number of aryl methyl sites for hydroxylation is 2. The molecule has 1 fully saturated rings. The Morgan fingerprint density at radius 2 is 1.79 bits per heavy atom. The fourth-order valence-corrected chi connectivity index (χ4v) is 5.14. The monoisotopic (exact) mass is 438 g/mol. The van der Waals surface area contributed by atoms with Gasteiger partial charge >= 0.3 is 0 Å². The van der Waals surface area contributed by atoms with Crippen LogP contribution < -0.4 is 11.1 Å². The van der Waals surface area contributed by atoms with E-state index >= 15 is 0 Å².